The number of aliphatic carboxylic acids is 1. The van der Waals surface area contributed by atoms with Crippen molar-refractivity contribution >= 4 is 23.8 Å². The van der Waals surface area contributed by atoms with Gasteiger partial charge in [0.1, 0.15) is 6.21 Å². The molecule has 5 nitrogen and oxygen atoms in total. The predicted molar refractivity (Wildman–Crippen MR) is 49.6 cm³/mol. The molecule has 0 saturated heterocycles. The minimum atomic E-state index is -1.13. The molecule has 0 spiro atoms. The van der Waals surface area contributed by atoms with E-state index in [4.69, 9.17) is 16.7 Å². The third kappa shape index (κ3) is 8.28. The van der Waals surface area contributed by atoms with E-state index in [1.165, 1.54) is 0 Å². The van der Waals surface area contributed by atoms with Crippen LogP contribution in [-0.2, 0) is 4.79 Å². The Labute approximate surface area is 79.9 Å². The Bertz CT molecular complexity index is 276. The van der Waals surface area contributed by atoms with Crippen LogP contribution >= 0.6 is 11.6 Å². The topological polar surface area (TPSA) is 88.6 Å². The lowest BCUT2D eigenvalue weighted by molar-refractivity contribution is -0.128. The normalized spacial score (nSPS) is 9.00. The largest absolute Gasteiger partial charge is 0.477 e. The molecular formula is C7H8ClN3O2. The lowest BCUT2D eigenvalue weighted by atomic mass is 10.5. The molecule has 0 fully saturated rings. The first-order valence-electron chi connectivity index (χ1n) is 3.18. The van der Waals surface area contributed by atoms with Crippen molar-refractivity contribution in [3.8, 4) is 0 Å². The van der Waals surface area contributed by atoms with Gasteiger partial charge in [0.05, 0.1) is 5.02 Å². The number of hydrogen-bond acceptors (Lipinski definition) is 4. The van der Waals surface area contributed by atoms with Gasteiger partial charge in [0.25, 0.3) is 0 Å². The molecule has 0 saturated carbocycles. The van der Waals surface area contributed by atoms with Crippen LogP contribution in [0, 0.1) is 0 Å². The summed E-state index contributed by atoms with van der Waals surface area (Å²) in [5.74, 6) is 3.29. The van der Waals surface area contributed by atoms with Crippen LogP contribution in [0.4, 0.5) is 0 Å². The lowest BCUT2D eigenvalue weighted by Gasteiger charge is -1.79. The Balaban J connectivity index is 0.000000226. The Morgan fingerprint density at radius 3 is 2.62 bits per heavy atom. The van der Waals surface area contributed by atoms with E-state index < -0.39 is 5.97 Å². The van der Waals surface area contributed by atoms with Gasteiger partial charge < -0.3 is 10.9 Å². The van der Waals surface area contributed by atoms with Gasteiger partial charge in [-0.05, 0) is 12.1 Å². The maximum Gasteiger partial charge on any atom is 0.348 e. The molecule has 0 aromatic carbocycles. The molecule has 3 N–H and O–H groups in total. The SMILES string of the molecule is Clc1cccnc1.NN=CC(=O)O. The molecule has 0 unspecified atom stereocenters. The van der Waals surface area contributed by atoms with Crippen LogP contribution in [0.3, 0.4) is 0 Å². The molecule has 0 bridgehead atoms. The van der Waals surface area contributed by atoms with Crippen LogP contribution in [0.1, 0.15) is 0 Å². The fourth-order valence-electron chi connectivity index (χ4n) is 0.406. The second-order valence-electron chi connectivity index (χ2n) is 1.79. The van der Waals surface area contributed by atoms with Gasteiger partial charge in [0.2, 0.25) is 0 Å². The molecule has 0 aliphatic rings. The summed E-state index contributed by atoms with van der Waals surface area (Å²) in [6, 6.07) is 3.58. The number of carbonyl (C=O) groups is 1. The molecule has 1 aromatic heterocycles. The van der Waals surface area contributed by atoms with Crippen molar-refractivity contribution in [2.75, 3.05) is 0 Å². The molecule has 1 heterocycles. The highest BCUT2D eigenvalue weighted by atomic mass is 35.5. The summed E-state index contributed by atoms with van der Waals surface area (Å²) < 4.78 is 0. The molecular weight excluding hydrogens is 194 g/mol. The molecule has 13 heavy (non-hydrogen) atoms. The highest BCUT2D eigenvalue weighted by Gasteiger charge is 1.79. The minimum absolute atomic E-state index is 0.611. The second kappa shape index (κ2) is 7.05. The average molecular weight is 202 g/mol. The van der Waals surface area contributed by atoms with Crippen molar-refractivity contribution in [1.82, 2.24) is 4.98 Å². The molecule has 0 radical (unpaired) electrons. The number of hydrazone groups is 1. The fourth-order valence-corrected chi connectivity index (χ4v) is 0.535. The quantitative estimate of drug-likeness (QED) is 0.399. The maximum atomic E-state index is 9.37. The predicted octanol–water partition coefficient (Wildman–Crippen LogP) is 0.750. The van der Waals surface area contributed by atoms with Gasteiger partial charge >= 0.3 is 5.97 Å². The zero-order valence-electron chi connectivity index (χ0n) is 6.59. The summed E-state index contributed by atoms with van der Waals surface area (Å²) >= 11 is 5.48. The molecule has 0 amide bonds. The van der Waals surface area contributed by atoms with E-state index in [9.17, 15) is 4.79 Å². The van der Waals surface area contributed by atoms with E-state index in [1.807, 2.05) is 0 Å². The zero-order chi connectivity index (χ0) is 10.1. The van der Waals surface area contributed by atoms with Crippen LogP contribution < -0.4 is 5.84 Å². The van der Waals surface area contributed by atoms with Crippen LogP contribution in [0.5, 0.6) is 0 Å². The summed E-state index contributed by atoms with van der Waals surface area (Å²) in [6.45, 7) is 0. The summed E-state index contributed by atoms with van der Waals surface area (Å²) in [7, 11) is 0. The van der Waals surface area contributed by atoms with Crippen molar-refractivity contribution in [3.63, 3.8) is 0 Å². The van der Waals surface area contributed by atoms with E-state index in [-0.39, 0.29) is 0 Å². The van der Waals surface area contributed by atoms with Crippen LogP contribution in [0.25, 0.3) is 0 Å². The highest BCUT2D eigenvalue weighted by Crippen LogP contribution is 2.00. The number of carboxylic acid groups (broad SMARTS) is 1. The van der Waals surface area contributed by atoms with Crippen molar-refractivity contribution in [2.24, 2.45) is 10.9 Å². The van der Waals surface area contributed by atoms with E-state index in [1.54, 1.807) is 24.5 Å². The Morgan fingerprint density at radius 2 is 2.46 bits per heavy atom. The number of nitrogens with zero attached hydrogens (tertiary/aromatic N) is 2. The van der Waals surface area contributed by atoms with Gasteiger partial charge in [-0.1, -0.05) is 11.6 Å². The summed E-state index contributed by atoms with van der Waals surface area (Å²) in [5.41, 5.74) is 0. The summed E-state index contributed by atoms with van der Waals surface area (Å²) in [5, 5.41) is 11.1. The first-order valence-corrected chi connectivity index (χ1v) is 3.56. The highest BCUT2D eigenvalue weighted by molar-refractivity contribution is 6.30. The molecule has 0 atom stereocenters. The minimum Gasteiger partial charge on any atom is -0.477 e. The van der Waals surface area contributed by atoms with Gasteiger partial charge in [-0.25, -0.2) is 4.79 Å². The first kappa shape index (κ1) is 11.4. The number of halogens is 1. The Kier molecular flexibility index (Phi) is 6.17. The Hall–Kier alpha value is -1.62. The fraction of sp³-hybridized carbons (Fsp3) is 0. The number of rotatable bonds is 1. The summed E-state index contributed by atoms with van der Waals surface area (Å²) in [4.78, 5) is 13.1. The molecule has 1 rings (SSSR count). The molecule has 0 aliphatic carbocycles. The van der Waals surface area contributed by atoms with Crippen LogP contribution in [0.2, 0.25) is 5.02 Å². The number of carboxylic acids is 1. The van der Waals surface area contributed by atoms with Crippen molar-refractivity contribution in [1.29, 1.82) is 0 Å². The van der Waals surface area contributed by atoms with Gasteiger partial charge in [-0.15, -0.1) is 0 Å². The average Bonchev–Trinajstić information content (AvgIpc) is 2.06. The smallest absolute Gasteiger partial charge is 0.348 e. The van der Waals surface area contributed by atoms with Crippen molar-refractivity contribution < 1.29 is 9.90 Å². The molecule has 6 heteroatoms. The van der Waals surface area contributed by atoms with Gasteiger partial charge in [0, 0.05) is 12.4 Å². The standard InChI is InChI=1S/C5H4ClN.C2H4N2O2/c6-5-2-1-3-7-4-5;3-4-1-2(5)6/h1-4H;1H,3H2,(H,5,6). The third-order valence-corrected chi connectivity index (χ3v) is 1.03. The van der Waals surface area contributed by atoms with Gasteiger partial charge in [-0.2, -0.15) is 5.10 Å². The number of hydrogen-bond donors (Lipinski definition) is 2. The Morgan fingerprint density at radius 1 is 1.77 bits per heavy atom. The molecule has 1 aromatic rings. The molecule has 0 aliphatic heterocycles. The van der Waals surface area contributed by atoms with Gasteiger partial charge in [-0.3, -0.25) is 4.98 Å². The van der Waals surface area contributed by atoms with Crippen molar-refractivity contribution in [2.45, 2.75) is 0 Å². The van der Waals surface area contributed by atoms with E-state index >= 15 is 0 Å². The number of pyridine rings is 1. The number of aromatic nitrogens is 1. The van der Waals surface area contributed by atoms with Gasteiger partial charge in [0.15, 0.2) is 0 Å². The van der Waals surface area contributed by atoms with E-state index in [2.05, 4.69) is 15.9 Å². The number of nitrogens with two attached hydrogens (primary N) is 1. The third-order valence-electron chi connectivity index (χ3n) is 0.810. The molecule has 70 valence electrons. The lowest BCUT2D eigenvalue weighted by Crippen LogP contribution is -1.96. The maximum absolute atomic E-state index is 9.37. The van der Waals surface area contributed by atoms with E-state index in [0.29, 0.717) is 11.2 Å². The van der Waals surface area contributed by atoms with Crippen molar-refractivity contribution in [3.05, 3.63) is 29.5 Å². The van der Waals surface area contributed by atoms with E-state index in [0.717, 1.165) is 0 Å². The summed E-state index contributed by atoms with van der Waals surface area (Å²) in [6.07, 6.45) is 3.90. The zero-order valence-corrected chi connectivity index (χ0v) is 7.35. The second-order valence-corrected chi connectivity index (χ2v) is 2.22. The monoisotopic (exact) mass is 201 g/mol. The first-order chi connectivity index (χ1) is 6.16. The van der Waals surface area contributed by atoms with Crippen LogP contribution in [0.15, 0.2) is 29.6 Å². The van der Waals surface area contributed by atoms with Crippen LogP contribution in [-0.4, -0.2) is 22.3 Å².